The lowest BCUT2D eigenvalue weighted by Crippen LogP contribution is -2.19. The lowest BCUT2D eigenvalue weighted by Gasteiger charge is -2.02. The Labute approximate surface area is 144 Å². The summed E-state index contributed by atoms with van der Waals surface area (Å²) in [5.74, 6) is 1.14. The molecule has 118 valence electrons. The largest absolute Gasteiger partial charge is 0.334 e. The lowest BCUT2D eigenvalue weighted by molar-refractivity contribution is -0.482. The fourth-order valence-electron chi connectivity index (χ4n) is 4.01. The number of pyridine rings is 1. The highest BCUT2D eigenvalue weighted by atomic mass is 15.3. The van der Waals surface area contributed by atoms with Gasteiger partial charge in [0.05, 0.1) is 24.6 Å². The normalized spacial score (nSPS) is 12.6. The number of hydrogen-bond acceptors (Lipinski definition) is 1. The van der Waals surface area contributed by atoms with E-state index in [1.165, 1.54) is 16.8 Å². The first-order chi connectivity index (χ1) is 12.4. The Morgan fingerprint density at radius 2 is 1.72 bits per heavy atom. The molecule has 2 aromatic carbocycles. The van der Waals surface area contributed by atoms with Crippen LogP contribution in [-0.2, 0) is 6.54 Å². The van der Waals surface area contributed by atoms with Gasteiger partial charge in [-0.15, -0.1) is 4.98 Å². The average Bonchev–Trinajstić information content (AvgIpc) is 3.30. The van der Waals surface area contributed by atoms with Crippen LogP contribution in [0.1, 0.15) is 5.56 Å². The summed E-state index contributed by atoms with van der Waals surface area (Å²) in [4.78, 5) is 4.65. The van der Waals surface area contributed by atoms with Gasteiger partial charge in [-0.2, -0.15) is 4.40 Å². The second kappa shape index (κ2) is 4.57. The maximum atomic E-state index is 4.65. The molecule has 0 radical (unpaired) electrons. The van der Waals surface area contributed by atoms with E-state index in [0.717, 1.165) is 29.2 Å². The van der Waals surface area contributed by atoms with Gasteiger partial charge in [-0.25, -0.2) is 9.13 Å². The molecular weight excluding hydrogens is 308 g/mol. The minimum atomic E-state index is 0.894. The van der Waals surface area contributed by atoms with Crippen LogP contribution in [0.2, 0.25) is 0 Å². The van der Waals surface area contributed by atoms with Crippen molar-refractivity contribution in [2.45, 2.75) is 6.54 Å². The molecule has 3 aromatic heterocycles. The first kappa shape index (κ1) is 13.0. The van der Waals surface area contributed by atoms with Gasteiger partial charge in [-0.05, 0) is 29.8 Å². The molecule has 0 saturated carbocycles. The summed E-state index contributed by atoms with van der Waals surface area (Å²) in [6, 6.07) is 23.3. The third-order valence-electron chi connectivity index (χ3n) is 5.07. The number of hydrogen-bond donors (Lipinski definition) is 0. The van der Waals surface area contributed by atoms with Gasteiger partial charge >= 0.3 is 5.78 Å². The van der Waals surface area contributed by atoms with Gasteiger partial charge in [0.25, 0.3) is 5.65 Å². The molecule has 0 N–H and O–H groups in total. The number of aromatic nitrogens is 4. The first-order valence-corrected chi connectivity index (χ1v) is 8.46. The predicted molar refractivity (Wildman–Crippen MR) is 96.8 cm³/mol. The quantitative estimate of drug-likeness (QED) is 0.425. The van der Waals surface area contributed by atoms with E-state index >= 15 is 0 Å². The van der Waals surface area contributed by atoms with Crippen LogP contribution in [-0.4, -0.2) is 14.1 Å². The first-order valence-electron chi connectivity index (χ1n) is 8.46. The zero-order chi connectivity index (χ0) is 16.4. The van der Waals surface area contributed by atoms with Crippen molar-refractivity contribution in [1.29, 1.82) is 0 Å². The van der Waals surface area contributed by atoms with Crippen molar-refractivity contribution in [2.24, 2.45) is 0 Å². The van der Waals surface area contributed by atoms with Crippen LogP contribution >= 0.6 is 0 Å². The van der Waals surface area contributed by atoms with Gasteiger partial charge in [0.2, 0.25) is 0 Å². The van der Waals surface area contributed by atoms with Crippen molar-refractivity contribution in [3.8, 4) is 16.9 Å². The smallest absolute Gasteiger partial charge is 0.243 e. The zero-order valence-corrected chi connectivity index (χ0v) is 13.5. The molecule has 5 aromatic rings. The molecule has 0 amide bonds. The van der Waals surface area contributed by atoms with Crippen molar-refractivity contribution in [3.63, 3.8) is 0 Å². The van der Waals surface area contributed by atoms with Crippen molar-refractivity contribution >= 4 is 16.9 Å². The van der Waals surface area contributed by atoms with E-state index in [1.807, 2.05) is 12.3 Å². The zero-order valence-electron chi connectivity index (χ0n) is 13.5. The van der Waals surface area contributed by atoms with E-state index in [1.54, 1.807) is 0 Å². The van der Waals surface area contributed by atoms with Crippen LogP contribution in [0.15, 0.2) is 79.1 Å². The summed E-state index contributed by atoms with van der Waals surface area (Å²) < 4.78 is 6.91. The van der Waals surface area contributed by atoms with Crippen LogP contribution in [0, 0.1) is 0 Å². The Kier molecular flexibility index (Phi) is 2.37. The van der Waals surface area contributed by atoms with Crippen molar-refractivity contribution in [2.75, 3.05) is 0 Å². The Morgan fingerprint density at radius 3 is 2.64 bits per heavy atom. The van der Waals surface area contributed by atoms with Crippen LogP contribution < -0.4 is 4.40 Å². The highest BCUT2D eigenvalue weighted by molar-refractivity contribution is 5.77. The molecule has 0 atom stereocenters. The summed E-state index contributed by atoms with van der Waals surface area (Å²) in [6.07, 6.45) is 4.08. The van der Waals surface area contributed by atoms with Gasteiger partial charge in [0.15, 0.2) is 5.52 Å². The van der Waals surface area contributed by atoms with Crippen molar-refractivity contribution in [1.82, 2.24) is 14.1 Å². The minimum Gasteiger partial charge on any atom is -0.243 e. The van der Waals surface area contributed by atoms with E-state index in [-0.39, 0.29) is 0 Å². The second-order valence-electron chi connectivity index (χ2n) is 6.44. The lowest BCUT2D eigenvalue weighted by atomic mass is 10.1. The molecule has 0 spiro atoms. The number of imidazole rings is 2. The van der Waals surface area contributed by atoms with E-state index in [9.17, 15) is 0 Å². The second-order valence-corrected chi connectivity index (χ2v) is 6.44. The number of benzene rings is 2. The molecule has 4 heterocycles. The molecule has 1 aliphatic rings. The molecule has 0 unspecified atom stereocenters. The summed E-state index contributed by atoms with van der Waals surface area (Å²) in [6.45, 7) is 0.894. The maximum Gasteiger partial charge on any atom is 0.334 e. The third-order valence-corrected chi connectivity index (χ3v) is 5.07. The fourth-order valence-corrected chi connectivity index (χ4v) is 4.01. The summed E-state index contributed by atoms with van der Waals surface area (Å²) >= 11 is 0. The van der Waals surface area contributed by atoms with Gasteiger partial charge in [0, 0.05) is 5.56 Å². The standard InChI is InChI=1S/C21H15N4/c1-2-8-16(9-3-1)25-18-11-6-12-22-20(18)24-14-19-17-10-5-4-7-15(17)13-23(19)21(24)25/h1-12,14H,13H2/q+1. The highest BCUT2D eigenvalue weighted by Crippen LogP contribution is 2.34. The third kappa shape index (κ3) is 1.61. The maximum absolute atomic E-state index is 4.65. The van der Waals surface area contributed by atoms with Crippen LogP contribution in [0.25, 0.3) is 33.9 Å². The van der Waals surface area contributed by atoms with Crippen LogP contribution in [0.5, 0.6) is 0 Å². The molecule has 25 heavy (non-hydrogen) atoms. The van der Waals surface area contributed by atoms with Gasteiger partial charge in [-0.1, -0.05) is 42.5 Å². The molecule has 0 saturated heterocycles. The molecule has 4 nitrogen and oxygen atoms in total. The molecule has 4 heteroatoms. The number of fused-ring (bicyclic) bond motifs is 7. The average molecular weight is 323 g/mol. The van der Waals surface area contributed by atoms with Gasteiger partial charge in [0.1, 0.15) is 5.69 Å². The van der Waals surface area contributed by atoms with Crippen molar-refractivity contribution in [3.05, 3.63) is 84.7 Å². The van der Waals surface area contributed by atoms with E-state index < -0.39 is 0 Å². The van der Waals surface area contributed by atoms with E-state index in [4.69, 9.17) is 0 Å². The molecule has 0 bridgehead atoms. The fraction of sp³-hybridized carbons (Fsp3) is 0.0476. The topological polar surface area (TPSA) is 26.9 Å². The van der Waals surface area contributed by atoms with Gasteiger partial charge in [-0.3, -0.25) is 0 Å². The van der Waals surface area contributed by atoms with Gasteiger partial charge < -0.3 is 0 Å². The highest BCUT2D eigenvalue weighted by Gasteiger charge is 2.31. The Morgan fingerprint density at radius 1 is 0.880 bits per heavy atom. The SMILES string of the molecule is c1ccc(-n2c3cccnc3[n+]3cc4n(c23)Cc2ccccc2-4)cc1. The Balaban J connectivity index is 1.79. The number of para-hydroxylation sites is 1. The molecule has 0 aliphatic carbocycles. The predicted octanol–water partition coefficient (Wildman–Crippen LogP) is 3.59. The monoisotopic (exact) mass is 323 g/mol. The number of rotatable bonds is 1. The Hall–Kier alpha value is -3.40. The summed E-state index contributed by atoms with van der Waals surface area (Å²) in [7, 11) is 0. The van der Waals surface area contributed by atoms with E-state index in [0.29, 0.717) is 0 Å². The summed E-state index contributed by atoms with van der Waals surface area (Å²) in [5.41, 5.74) is 7.20. The molecule has 1 aliphatic heterocycles. The van der Waals surface area contributed by atoms with E-state index in [2.05, 4.69) is 85.4 Å². The molecule has 6 rings (SSSR count). The van der Waals surface area contributed by atoms with Crippen LogP contribution in [0.4, 0.5) is 0 Å². The minimum absolute atomic E-state index is 0.894. The van der Waals surface area contributed by atoms with Crippen LogP contribution in [0.3, 0.4) is 0 Å². The summed E-state index contributed by atoms with van der Waals surface area (Å²) in [5, 5.41) is 0. The molecule has 0 fully saturated rings. The number of nitrogens with zero attached hydrogens (tertiary/aromatic N) is 4. The van der Waals surface area contributed by atoms with Crippen molar-refractivity contribution < 1.29 is 4.40 Å². The molecular formula is C21H15N4+. The Bertz CT molecular complexity index is 1260.